The Morgan fingerprint density at radius 2 is 1.35 bits per heavy atom. The minimum absolute atomic E-state index is 0.263. The van der Waals surface area contributed by atoms with E-state index in [1.807, 2.05) is 0 Å². The Hall–Kier alpha value is -0.860. The van der Waals surface area contributed by atoms with Gasteiger partial charge in [-0.2, -0.15) is 0 Å². The molecule has 0 aliphatic heterocycles. The molecule has 0 spiro atoms. The van der Waals surface area contributed by atoms with Crippen LogP contribution in [-0.4, -0.2) is 11.7 Å². The van der Waals surface area contributed by atoms with Crippen molar-refractivity contribution in [3.8, 4) is 0 Å². The maximum atomic E-state index is 10.9. The van der Waals surface area contributed by atoms with Crippen LogP contribution < -0.4 is 0 Å². The molecule has 0 heterocycles. The lowest BCUT2D eigenvalue weighted by molar-refractivity contribution is -0.0677. The predicted octanol–water partition coefficient (Wildman–Crippen LogP) is 6.94. The zero-order chi connectivity index (χ0) is 19.8. The van der Waals surface area contributed by atoms with Crippen molar-refractivity contribution in [1.82, 2.24) is 0 Å². The van der Waals surface area contributed by atoms with Gasteiger partial charge in [0.25, 0.3) is 0 Å². The van der Waals surface area contributed by atoms with E-state index in [0.29, 0.717) is 5.41 Å². The van der Waals surface area contributed by atoms with Crippen LogP contribution in [0.3, 0.4) is 0 Å². The first-order valence-corrected chi connectivity index (χ1v) is 10.8. The lowest BCUT2D eigenvalue weighted by Crippen LogP contribution is -2.31. The Balaban J connectivity index is 3.09. The summed E-state index contributed by atoms with van der Waals surface area (Å²) in [5.41, 5.74) is 1.57. The van der Waals surface area contributed by atoms with Crippen LogP contribution in [0.5, 0.6) is 0 Å². The van der Waals surface area contributed by atoms with E-state index < -0.39 is 5.60 Å². The molecule has 26 heavy (non-hydrogen) atoms. The second kappa shape index (κ2) is 9.90. The fourth-order valence-corrected chi connectivity index (χ4v) is 3.79. The maximum absolute atomic E-state index is 10.9. The molecule has 1 aromatic carbocycles. The summed E-state index contributed by atoms with van der Waals surface area (Å²) >= 11 is 0. The highest BCUT2D eigenvalue weighted by molar-refractivity contribution is 5.32. The van der Waals surface area contributed by atoms with Gasteiger partial charge in [0.15, 0.2) is 0 Å². The third-order valence-corrected chi connectivity index (χ3v) is 7.03. The second-order valence-corrected chi connectivity index (χ2v) is 8.14. The van der Waals surface area contributed by atoms with Gasteiger partial charge in [0.1, 0.15) is 0 Å². The van der Waals surface area contributed by atoms with Gasteiger partial charge < -0.3 is 9.84 Å². The van der Waals surface area contributed by atoms with Gasteiger partial charge in [0.05, 0.1) is 11.2 Å². The van der Waals surface area contributed by atoms with Crippen molar-refractivity contribution in [2.75, 3.05) is 6.61 Å². The Morgan fingerprint density at radius 3 is 1.81 bits per heavy atom. The number of hydrogen-bond acceptors (Lipinski definition) is 2. The molecule has 0 atom stereocenters. The molecular weight excluding hydrogens is 320 g/mol. The fraction of sp³-hybridized carbons (Fsp3) is 0.750. The van der Waals surface area contributed by atoms with Crippen LogP contribution in [0.25, 0.3) is 0 Å². The van der Waals surface area contributed by atoms with Gasteiger partial charge in [-0.25, -0.2) is 0 Å². The van der Waals surface area contributed by atoms with Crippen LogP contribution in [0.1, 0.15) is 105 Å². The van der Waals surface area contributed by atoms with Crippen LogP contribution in [-0.2, 0) is 15.9 Å². The van der Waals surface area contributed by atoms with Crippen LogP contribution in [0.15, 0.2) is 24.3 Å². The molecule has 0 amide bonds. The van der Waals surface area contributed by atoms with E-state index in [-0.39, 0.29) is 5.60 Å². The molecule has 2 nitrogen and oxygen atoms in total. The summed E-state index contributed by atoms with van der Waals surface area (Å²) in [7, 11) is 0. The number of rotatable bonds is 12. The molecule has 0 bridgehead atoms. The molecule has 0 unspecified atom stereocenters. The molecule has 1 aromatic rings. The number of aliphatic hydroxyl groups is 1. The van der Waals surface area contributed by atoms with E-state index in [0.717, 1.165) is 44.3 Å². The average molecular weight is 363 g/mol. The molecule has 0 fully saturated rings. The molecule has 0 saturated carbocycles. The van der Waals surface area contributed by atoms with E-state index in [1.54, 1.807) is 0 Å². The summed E-state index contributed by atoms with van der Waals surface area (Å²) in [6.07, 6.45) is 6.81. The van der Waals surface area contributed by atoms with Gasteiger partial charge >= 0.3 is 0 Å². The highest BCUT2D eigenvalue weighted by Gasteiger charge is 2.33. The minimum atomic E-state index is -0.744. The van der Waals surface area contributed by atoms with Crippen molar-refractivity contribution in [2.45, 2.75) is 105 Å². The highest BCUT2D eigenvalue weighted by atomic mass is 16.5. The predicted molar refractivity (Wildman–Crippen MR) is 112 cm³/mol. The monoisotopic (exact) mass is 362 g/mol. The third-order valence-electron chi connectivity index (χ3n) is 7.03. The lowest BCUT2D eigenvalue weighted by atomic mass is 9.81. The van der Waals surface area contributed by atoms with Crippen molar-refractivity contribution in [3.05, 3.63) is 35.4 Å². The van der Waals surface area contributed by atoms with Gasteiger partial charge in [-0.15, -0.1) is 0 Å². The van der Waals surface area contributed by atoms with Gasteiger partial charge in [0.2, 0.25) is 0 Å². The first-order chi connectivity index (χ1) is 12.3. The fourth-order valence-electron chi connectivity index (χ4n) is 3.79. The Labute approximate surface area is 162 Å². The first-order valence-electron chi connectivity index (χ1n) is 10.8. The normalized spacial score (nSPS) is 13.2. The van der Waals surface area contributed by atoms with Crippen LogP contribution in [0, 0.1) is 5.41 Å². The lowest BCUT2D eigenvalue weighted by Gasteiger charge is -2.36. The molecule has 0 aliphatic carbocycles. The maximum Gasteiger partial charge on any atom is 0.0926 e. The van der Waals surface area contributed by atoms with Crippen LogP contribution >= 0.6 is 0 Å². The molecule has 0 radical (unpaired) electrons. The molecule has 0 aliphatic rings. The molecule has 150 valence electrons. The standard InChI is InChI=1S/C24H42O2/c1-8-22(7,9-2)17-18-26-24(12-5,13-6)21-16-14-15-20(19-21)23(25,10-3)11-4/h14-16,19,25H,8-13,17-18H2,1-7H3. The SMILES string of the molecule is CCC(C)(CC)CCOC(CC)(CC)c1cccc(C(O)(CC)CC)c1. The van der Waals surface area contributed by atoms with E-state index >= 15 is 0 Å². The minimum Gasteiger partial charge on any atom is -0.385 e. The van der Waals surface area contributed by atoms with Crippen molar-refractivity contribution >= 4 is 0 Å². The molecular formula is C24H42O2. The topological polar surface area (TPSA) is 29.5 Å². The quantitative estimate of drug-likeness (QED) is 0.436. The van der Waals surface area contributed by atoms with E-state index in [1.165, 1.54) is 18.4 Å². The van der Waals surface area contributed by atoms with Crippen LogP contribution in [0.2, 0.25) is 0 Å². The number of ether oxygens (including phenoxy) is 1. The summed E-state index contributed by atoms with van der Waals surface area (Å²) in [5, 5.41) is 10.9. The summed E-state index contributed by atoms with van der Waals surface area (Å²) in [6.45, 7) is 16.2. The third kappa shape index (κ3) is 5.10. The van der Waals surface area contributed by atoms with Gasteiger partial charge in [-0.1, -0.05) is 85.6 Å². The van der Waals surface area contributed by atoms with E-state index in [9.17, 15) is 5.11 Å². The van der Waals surface area contributed by atoms with E-state index in [4.69, 9.17) is 4.74 Å². The van der Waals surface area contributed by atoms with Crippen molar-refractivity contribution in [3.63, 3.8) is 0 Å². The molecule has 0 saturated heterocycles. The smallest absolute Gasteiger partial charge is 0.0926 e. The Kier molecular flexibility index (Phi) is 8.82. The zero-order valence-corrected chi connectivity index (χ0v) is 18.3. The summed E-state index contributed by atoms with van der Waals surface area (Å²) in [5.74, 6) is 0. The number of hydrogen-bond donors (Lipinski definition) is 1. The van der Waals surface area contributed by atoms with E-state index in [2.05, 4.69) is 72.7 Å². The second-order valence-electron chi connectivity index (χ2n) is 8.14. The molecule has 0 aromatic heterocycles. The number of benzene rings is 1. The van der Waals surface area contributed by atoms with Crippen molar-refractivity contribution in [2.24, 2.45) is 5.41 Å². The van der Waals surface area contributed by atoms with Crippen LogP contribution in [0.4, 0.5) is 0 Å². The van der Waals surface area contributed by atoms with Gasteiger partial charge in [0, 0.05) is 6.61 Å². The molecule has 1 rings (SSSR count). The van der Waals surface area contributed by atoms with Crippen molar-refractivity contribution < 1.29 is 9.84 Å². The summed E-state index contributed by atoms with van der Waals surface area (Å²) in [4.78, 5) is 0. The van der Waals surface area contributed by atoms with Crippen molar-refractivity contribution in [1.29, 1.82) is 0 Å². The highest BCUT2D eigenvalue weighted by Crippen LogP contribution is 2.38. The molecule has 2 heteroatoms. The zero-order valence-electron chi connectivity index (χ0n) is 18.3. The first kappa shape index (κ1) is 23.2. The largest absolute Gasteiger partial charge is 0.385 e. The summed E-state index contributed by atoms with van der Waals surface area (Å²) in [6, 6.07) is 8.48. The summed E-state index contributed by atoms with van der Waals surface area (Å²) < 4.78 is 6.57. The molecule has 1 N–H and O–H groups in total. The van der Waals surface area contributed by atoms with Gasteiger partial charge in [-0.3, -0.25) is 0 Å². The Bertz CT molecular complexity index is 523. The average Bonchev–Trinajstić information content (AvgIpc) is 2.70. The Morgan fingerprint density at radius 1 is 0.808 bits per heavy atom. The van der Waals surface area contributed by atoms with Gasteiger partial charge in [-0.05, 0) is 48.6 Å².